The van der Waals surface area contributed by atoms with Crippen molar-refractivity contribution < 1.29 is 9.90 Å². The van der Waals surface area contributed by atoms with Crippen LogP contribution in [0.4, 0.5) is 0 Å². The quantitative estimate of drug-likeness (QED) is 0.806. The molecule has 6 heteroatoms. The summed E-state index contributed by atoms with van der Waals surface area (Å²) in [5.74, 6) is 0.0263. The van der Waals surface area contributed by atoms with E-state index in [9.17, 15) is 14.7 Å². The maximum Gasteiger partial charge on any atom is 0.261 e. The number of fused-ring (bicyclic) bond motifs is 1. The molecule has 124 valence electrons. The van der Waals surface area contributed by atoms with Crippen LogP contribution in [0, 0.1) is 5.92 Å². The van der Waals surface area contributed by atoms with Gasteiger partial charge in [0.05, 0.1) is 29.9 Å². The standard InChI is InChI=1S/C17H23N3O3/c1-3-12(2)15(10-21)19-16(22)8-9-20-11-18-14-7-5-4-6-13(14)17(20)23/h4-7,11-12,15,21H,3,8-10H2,1-2H3,(H,19,22). The molecule has 0 saturated heterocycles. The molecule has 1 heterocycles. The summed E-state index contributed by atoms with van der Waals surface area (Å²) >= 11 is 0. The van der Waals surface area contributed by atoms with E-state index in [0.717, 1.165) is 6.42 Å². The van der Waals surface area contributed by atoms with Crippen LogP contribution >= 0.6 is 0 Å². The number of aliphatic hydroxyl groups excluding tert-OH is 1. The molecule has 0 aliphatic heterocycles. The molecular formula is C17H23N3O3. The molecule has 0 radical (unpaired) electrons. The lowest BCUT2D eigenvalue weighted by Crippen LogP contribution is -2.42. The van der Waals surface area contributed by atoms with Gasteiger partial charge in [-0.15, -0.1) is 0 Å². The van der Waals surface area contributed by atoms with Crippen molar-refractivity contribution in [1.82, 2.24) is 14.9 Å². The van der Waals surface area contributed by atoms with Gasteiger partial charge in [-0.05, 0) is 18.1 Å². The number of para-hydroxylation sites is 1. The zero-order valence-electron chi connectivity index (χ0n) is 13.5. The minimum atomic E-state index is -0.251. The molecule has 2 rings (SSSR count). The fourth-order valence-electron chi connectivity index (χ4n) is 2.42. The van der Waals surface area contributed by atoms with Crippen LogP contribution in [-0.4, -0.2) is 33.2 Å². The summed E-state index contributed by atoms with van der Waals surface area (Å²) in [5, 5.41) is 12.7. The zero-order valence-corrected chi connectivity index (χ0v) is 13.5. The van der Waals surface area contributed by atoms with Gasteiger partial charge in [0, 0.05) is 13.0 Å². The lowest BCUT2D eigenvalue weighted by Gasteiger charge is -2.22. The van der Waals surface area contributed by atoms with Crippen molar-refractivity contribution in [2.75, 3.05) is 6.61 Å². The van der Waals surface area contributed by atoms with Gasteiger partial charge in [0.2, 0.25) is 5.91 Å². The Morgan fingerprint density at radius 3 is 2.83 bits per heavy atom. The average Bonchev–Trinajstić information content (AvgIpc) is 2.58. The van der Waals surface area contributed by atoms with Crippen molar-refractivity contribution in [2.45, 2.75) is 39.3 Å². The van der Waals surface area contributed by atoms with Crippen LogP contribution in [0.2, 0.25) is 0 Å². The number of hydrogen-bond acceptors (Lipinski definition) is 4. The summed E-state index contributed by atoms with van der Waals surface area (Å²) in [6, 6.07) is 6.88. The fourth-order valence-corrected chi connectivity index (χ4v) is 2.42. The van der Waals surface area contributed by atoms with Gasteiger partial charge >= 0.3 is 0 Å². The van der Waals surface area contributed by atoms with Crippen LogP contribution in [0.3, 0.4) is 0 Å². The second kappa shape index (κ2) is 7.87. The topological polar surface area (TPSA) is 84.2 Å². The van der Waals surface area contributed by atoms with Gasteiger partial charge in [-0.2, -0.15) is 0 Å². The smallest absolute Gasteiger partial charge is 0.261 e. The molecule has 0 aliphatic rings. The van der Waals surface area contributed by atoms with Crippen LogP contribution in [0.25, 0.3) is 10.9 Å². The molecule has 2 unspecified atom stereocenters. The van der Waals surface area contributed by atoms with Crippen molar-refractivity contribution in [3.8, 4) is 0 Å². The van der Waals surface area contributed by atoms with E-state index in [4.69, 9.17) is 0 Å². The van der Waals surface area contributed by atoms with Crippen molar-refractivity contribution in [3.63, 3.8) is 0 Å². The third-order valence-corrected chi connectivity index (χ3v) is 4.19. The molecule has 0 saturated carbocycles. The number of benzene rings is 1. The second-order valence-corrected chi connectivity index (χ2v) is 5.75. The summed E-state index contributed by atoms with van der Waals surface area (Å²) in [4.78, 5) is 28.6. The maximum atomic E-state index is 12.3. The number of hydrogen-bond donors (Lipinski definition) is 2. The number of carbonyl (C=O) groups is 1. The minimum Gasteiger partial charge on any atom is -0.394 e. The Morgan fingerprint density at radius 1 is 1.39 bits per heavy atom. The van der Waals surface area contributed by atoms with Crippen molar-refractivity contribution in [2.24, 2.45) is 5.92 Å². The first-order chi connectivity index (χ1) is 11.1. The molecular weight excluding hydrogens is 294 g/mol. The summed E-state index contributed by atoms with van der Waals surface area (Å²) in [6.45, 7) is 4.18. The first kappa shape index (κ1) is 17.1. The molecule has 2 N–H and O–H groups in total. The van der Waals surface area contributed by atoms with E-state index in [-0.39, 0.29) is 43.0 Å². The molecule has 0 fully saturated rings. The van der Waals surface area contributed by atoms with Gasteiger partial charge in [-0.1, -0.05) is 32.4 Å². The molecule has 1 aromatic heterocycles. The van der Waals surface area contributed by atoms with Crippen molar-refractivity contribution in [3.05, 3.63) is 40.9 Å². The SMILES string of the molecule is CCC(C)C(CO)NC(=O)CCn1cnc2ccccc2c1=O. The van der Waals surface area contributed by atoms with Gasteiger partial charge in [-0.3, -0.25) is 14.2 Å². The molecule has 0 spiro atoms. The number of amides is 1. The Kier molecular flexibility index (Phi) is 5.87. The number of carbonyl (C=O) groups excluding carboxylic acids is 1. The molecule has 2 aromatic rings. The number of aryl methyl sites for hydroxylation is 1. The highest BCUT2D eigenvalue weighted by atomic mass is 16.3. The Morgan fingerprint density at radius 2 is 2.13 bits per heavy atom. The Labute approximate surface area is 135 Å². The van der Waals surface area contributed by atoms with E-state index in [1.54, 1.807) is 18.2 Å². The second-order valence-electron chi connectivity index (χ2n) is 5.75. The molecule has 0 aliphatic carbocycles. The van der Waals surface area contributed by atoms with Gasteiger partial charge < -0.3 is 10.4 Å². The van der Waals surface area contributed by atoms with E-state index in [1.807, 2.05) is 19.9 Å². The van der Waals surface area contributed by atoms with E-state index in [1.165, 1.54) is 10.9 Å². The number of nitrogens with one attached hydrogen (secondary N) is 1. The van der Waals surface area contributed by atoms with Crippen LogP contribution in [0.15, 0.2) is 35.4 Å². The predicted octanol–water partition coefficient (Wildman–Crippen LogP) is 1.31. The highest BCUT2D eigenvalue weighted by molar-refractivity contribution is 5.77. The molecule has 23 heavy (non-hydrogen) atoms. The number of aliphatic hydroxyl groups is 1. The van der Waals surface area contributed by atoms with Gasteiger partial charge in [0.25, 0.3) is 5.56 Å². The predicted molar refractivity (Wildman–Crippen MR) is 89.1 cm³/mol. The first-order valence-electron chi connectivity index (χ1n) is 7.91. The Hall–Kier alpha value is -2.21. The number of aromatic nitrogens is 2. The summed E-state index contributed by atoms with van der Waals surface area (Å²) < 4.78 is 1.44. The molecule has 2 atom stereocenters. The van der Waals surface area contributed by atoms with E-state index in [2.05, 4.69) is 10.3 Å². The monoisotopic (exact) mass is 317 g/mol. The summed E-state index contributed by atoms with van der Waals surface area (Å²) in [6.07, 6.45) is 2.52. The third-order valence-electron chi connectivity index (χ3n) is 4.19. The fraction of sp³-hybridized carbons (Fsp3) is 0.471. The largest absolute Gasteiger partial charge is 0.394 e. The molecule has 6 nitrogen and oxygen atoms in total. The van der Waals surface area contributed by atoms with E-state index in [0.29, 0.717) is 10.9 Å². The van der Waals surface area contributed by atoms with Crippen LogP contribution in [0.5, 0.6) is 0 Å². The highest BCUT2D eigenvalue weighted by Crippen LogP contribution is 2.08. The first-order valence-corrected chi connectivity index (χ1v) is 7.91. The van der Waals surface area contributed by atoms with Gasteiger partial charge in [0.1, 0.15) is 0 Å². The van der Waals surface area contributed by atoms with Crippen LogP contribution in [-0.2, 0) is 11.3 Å². The maximum absolute atomic E-state index is 12.3. The van der Waals surface area contributed by atoms with E-state index < -0.39 is 0 Å². The number of rotatable bonds is 7. The lowest BCUT2D eigenvalue weighted by molar-refractivity contribution is -0.122. The highest BCUT2D eigenvalue weighted by Gasteiger charge is 2.17. The third kappa shape index (κ3) is 4.16. The van der Waals surface area contributed by atoms with Crippen molar-refractivity contribution in [1.29, 1.82) is 0 Å². The number of nitrogens with zero attached hydrogens (tertiary/aromatic N) is 2. The van der Waals surface area contributed by atoms with Crippen LogP contribution < -0.4 is 10.9 Å². The van der Waals surface area contributed by atoms with E-state index >= 15 is 0 Å². The van der Waals surface area contributed by atoms with Gasteiger partial charge in [0.15, 0.2) is 0 Å². The Balaban J connectivity index is 2.02. The molecule has 1 amide bonds. The van der Waals surface area contributed by atoms with Gasteiger partial charge in [-0.25, -0.2) is 4.98 Å². The van der Waals surface area contributed by atoms with Crippen molar-refractivity contribution >= 4 is 16.8 Å². The van der Waals surface area contributed by atoms with Crippen LogP contribution in [0.1, 0.15) is 26.7 Å². The summed E-state index contributed by atoms with van der Waals surface area (Å²) in [5.41, 5.74) is 0.499. The Bertz CT molecular complexity index is 726. The molecule has 0 bridgehead atoms. The lowest BCUT2D eigenvalue weighted by atomic mass is 10.00. The minimum absolute atomic E-state index is 0.0851. The zero-order chi connectivity index (χ0) is 16.8. The average molecular weight is 317 g/mol. The normalized spacial score (nSPS) is 13.7. The molecule has 1 aromatic carbocycles. The summed E-state index contributed by atoms with van der Waals surface area (Å²) in [7, 11) is 0.